The average Bonchev–Trinajstić information content (AvgIpc) is 2.65. The monoisotopic (exact) mass is 225 g/mol. The zero-order chi connectivity index (χ0) is 11.5. The third-order valence-corrected chi connectivity index (χ3v) is 3.70. The maximum atomic E-state index is 11.1. The number of hydrogen-bond acceptors (Lipinski definition) is 3. The highest BCUT2D eigenvalue weighted by Gasteiger charge is 2.25. The van der Waals surface area contributed by atoms with Crippen molar-refractivity contribution in [2.24, 2.45) is 0 Å². The van der Waals surface area contributed by atoms with Gasteiger partial charge in [0.05, 0.1) is 0 Å². The van der Waals surface area contributed by atoms with E-state index >= 15 is 0 Å². The molecule has 0 aliphatic carbocycles. The molecule has 2 aliphatic rings. The van der Waals surface area contributed by atoms with Crippen LogP contribution >= 0.6 is 0 Å². The summed E-state index contributed by atoms with van der Waals surface area (Å²) in [5.41, 5.74) is 0. The van der Waals surface area contributed by atoms with Crippen LogP contribution < -0.4 is 5.32 Å². The predicted molar refractivity (Wildman–Crippen MR) is 64.3 cm³/mol. The maximum Gasteiger partial charge on any atom is 0.220 e. The van der Waals surface area contributed by atoms with Crippen molar-refractivity contribution in [1.82, 2.24) is 15.1 Å². The van der Waals surface area contributed by atoms with E-state index in [0.717, 1.165) is 32.5 Å². The standard InChI is InChI=1S/C12H23N3O/c1-10(2)15-7-5-14(6-8-15)9-11-3-4-12(16)13-11/h10-11H,3-9H2,1-2H3,(H,13,16)/t11-/m0/s1. The Morgan fingerprint density at radius 2 is 2.00 bits per heavy atom. The number of rotatable bonds is 3. The minimum absolute atomic E-state index is 0.228. The van der Waals surface area contributed by atoms with Gasteiger partial charge in [-0.25, -0.2) is 0 Å². The molecule has 2 rings (SSSR count). The lowest BCUT2D eigenvalue weighted by atomic mass is 10.2. The average molecular weight is 225 g/mol. The summed E-state index contributed by atoms with van der Waals surface area (Å²) in [7, 11) is 0. The normalized spacial score (nSPS) is 28.7. The van der Waals surface area contributed by atoms with Crippen molar-refractivity contribution in [1.29, 1.82) is 0 Å². The molecule has 0 radical (unpaired) electrons. The topological polar surface area (TPSA) is 35.6 Å². The van der Waals surface area contributed by atoms with Crippen molar-refractivity contribution in [3.05, 3.63) is 0 Å². The summed E-state index contributed by atoms with van der Waals surface area (Å²) >= 11 is 0. The van der Waals surface area contributed by atoms with Gasteiger partial charge >= 0.3 is 0 Å². The minimum Gasteiger partial charge on any atom is -0.352 e. The second kappa shape index (κ2) is 5.15. The van der Waals surface area contributed by atoms with Crippen molar-refractivity contribution < 1.29 is 4.79 Å². The van der Waals surface area contributed by atoms with Crippen LogP contribution in [0.25, 0.3) is 0 Å². The fourth-order valence-corrected chi connectivity index (χ4v) is 2.59. The Balaban J connectivity index is 1.71. The summed E-state index contributed by atoms with van der Waals surface area (Å²) in [6, 6.07) is 1.06. The highest BCUT2D eigenvalue weighted by molar-refractivity contribution is 5.78. The molecule has 0 unspecified atom stereocenters. The molecule has 2 fully saturated rings. The number of carbonyl (C=O) groups excluding carboxylic acids is 1. The molecule has 0 spiro atoms. The first kappa shape index (κ1) is 11.9. The van der Waals surface area contributed by atoms with Crippen LogP contribution in [0.15, 0.2) is 0 Å². The molecule has 2 saturated heterocycles. The van der Waals surface area contributed by atoms with Gasteiger partial charge in [0.15, 0.2) is 0 Å². The molecular formula is C12H23N3O. The number of nitrogens with one attached hydrogen (secondary N) is 1. The van der Waals surface area contributed by atoms with Crippen molar-refractivity contribution in [2.75, 3.05) is 32.7 Å². The van der Waals surface area contributed by atoms with Crippen molar-refractivity contribution >= 4 is 5.91 Å². The Morgan fingerprint density at radius 3 is 2.50 bits per heavy atom. The molecule has 0 aromatic carbocycles. The van der Waals surface area contributed by atoms with Crippen LogP contribution in [-0.2, 0) is 4.79 Å². The van der Waals surface area contributed by atoms with Gasteiger partial charge in [0.2, 0.25) is 5.91 Å². The Bertz CT molecular complexity index is 247. The van der Waals surface area contributed by atoms with Gasteiger partial charge in [-0.2, -0.15) is 0 Å². The fraction of sp³-hybridized carbons (Fsp3) is 0.917. The second-order valence-corrected chi connectivity index (χ2v) is 5.23. The first-order valence-electron chi connectivity index (χ1n) is 6.41. The highest BCUT2D eigenvalue weighted by atomic mass is 16.1. The number of nitrogens with zero attached hydrogens (tertiary/aromatic N) is 2. The van der Waals surface area contributed by atoms with Crippen LogP contribution in [0.5, 0.6) is 0 Å². The van der Waals surface area contributed by atoms with E-state index < -0.39 is 0 Å². The molecule has 4 heteroatoms. The van der Waals surface area contributed by atoms with Gasteiger partial charge in [0.25, 0.3) is 0 Å². The van der Waals surface area contributed by atoms with E-state index in [2.05, 4.69) is 29.0 Å². The zero-order valence-corrected chi connectivity index (χ0v) is 10.4. The molecule has 0 aromatic rings. The maximum absolute atomic E-state index is 11.1. The summed E-state index contributed by atoms with van der Waals surface area (Å²) in [5.74, 6) is 0.228. The first-order valence-corrected chi connectivity index (χ1v) is 6.41. The third kappa shape index (κ3) is 2.95. The van der Waals surface area contributed by atoms with E-state index in [1.165, 1.54) is 13.1 Å². The summed E-state index contributed by atoms with van der Waals surface area (Å²) in [5, 5.41) is 3.04. The third-order valence-electron chi connectivity index (χ3n) is 3.70. The number of hydrogen-bond donors (Lipinski definition) is 1. The fourth-order valence-electron chi connectivity index (χ4n) is 2.59. The van der Waals surface area contributed by atoms with Crippen LogP contribution in [-0.4, -0.2) is 60.5 Å². The summed E-state index contributed by atoms with van der Waals surface area (Å²) in [6.07, 6.45) is 1.74. The summed E-state index contributed by atoms with van der Waals surface area (Å²) < 4.78 is 0. The van der Waals surface area contributed by atoms with E-state index in [9.17, 15) is 4.79 Å². The molecule has 0 aromatic heterocycles. The number of amides is 1. The van der Waals surface area contributed by atoms with Gasteiger partial charge in [-0.1, -0.05) is 0 Å². The van der Waals surface area contributed by atoms with Crippen LogP contribution in [0.1, 0.15) is 26.7 Å². The van der Waals surface area contributed by atoms with Gasteiger partial charge in [-0.3, -0.25) is 14.6 Å². The molecular weight excluding hydrogens is 202 g/mol. The molecule has 4 nitrogen and oxygen atoms in total. The van der Waals surface area contributed by atoms with E-state index in [-0.39, 0.29) is 5.91 Å². The van der Waals surface area contributed by atoms with E-state index in [4.69, 9.17) is 0 Å². The van der Waals surface area contributed by atoms with E-state index in [1.807, 2.05) is 0 Å². The Morgan fingerprint density at radius 1 is 1.31 bits per heavy atom. The predicted octanol–water partition coefficient (Wildman–Crippen LogP) is 0.291. The lowest BCUT2D eigenvalue weighted by Gasteiger charge is -2.37. The second-order valence-electron chi connectivity index (χ2n) is 5.23. The molecule has 1 amide bonds. The largest absolute Gasteiger partial charge is 0.352 e. The van der Waals surface area contributed by atoms with Crippen molar-refractivity contribution in [3.8, 4) is 0 Å². The molecule has 1 N–H and O–H groups in total. The highest BCUT2D eigenvalue weighted by Crippen LogP contribution is 2.11. The molecule has 92 valence electrons. The first-order chi connectivity index (χ1) is 7.65. The van der Waals surface area contributed by atoms with Crippen LogP contribution in [0.4, 0.5) is 0 Å². The minimum atomic E-state index is 0.228. The van der Waals surface area contributed by atoms with Gasteiger partial charge in [-0.05, 0) is 20.3 Å². The Hall–Kier alpha value is -0.610. The molecule has 2 aliphatic heterocycles. The lowest BCUT2D eigenvalue weighted by Crippen LogP contribution is -2.51. The van der Waals surface area contributed by atoms with Crippen molar-refractivity contribution in [2.45, 2.75) is 38.8 Å². The van der Waals surface area contributed by atoms with Crippen molar-refractivity contribution in [3.63, 3.8) is 0 Å². The quantitative estimate of drug-likeness (QED) is 0.750. The van der Waals surface area contributed by atoms with E-state index in [1.54, 1.807) is 0 Å². The lowest BCUT2D eigenvalue weighted by molar-refractivity contribution is -0.119. The Kier molecular flexibility index (Phi) is 3.82. The molecule has 16 heavy (non-hydrogen) atoms. The van der Waals surface area contributed by atoms with Gasteiger partial charge in [0.1, 0.15) is 0 Å². The molecule has 0 saturated carbocycles. The zero-order valence-electron chi connectivity index (χ0n) is 10.4. The number of carbonyl (C=O) groups is 1. The summed E-state index contributed by atoms with van der Waals surface area (Å²) in [6.45, 7) is 10.2. The van der Waals surface area contributed by atoms with Gasteiger partial charge in [0, 0.05) is 51.2 Å². The molecule has 1 atom stereocenters. The Labute approximate surface area is 98.0 Å². The number of piperazine rings is 1. The van der Waals surface area contributed by atoms with E-state index in [0.29, 0.717) is 12.1 Å². The van der Waals surface area contributed by atoms with Gasteiger partial charge in [-0.15, -0.1) is 0 Å². The molecule has 2 heterocycles. The van der Waals surface area contributed by atoms with Gasteiger partial charge < -0.3 is 5.32 Å². The molecule has 0 bridgehead atoms. The van der Waals surface area contributed by atoms with Crippen LogP contribution in [0.2, 0.25) is 0 Å². The van der Waals surface area contributed by atoms with Crippen LogP contribution in [0.3, 0.4) is 0 Å². The SMILES string of the molecule is CC(C)N1CCN(C[C@@H]2CCC(=O)N2)CC1. The smallest absolute Gasteiger partial charge is 0.220 e. The van der Waals surface area contributed by atoms with Crippen LogP contribution in [0, 0.1) is 0 Å². The summed E-state index contributed by atoms with van der Waals surface area (Å²) in [4.78, 5) is 16.1.